The molecule has 1 amide bonds. The quantitative estimate of drug-likeness (QED) is 0.585. The van der Waals surface area contributed by atoms with E-state index in [4.69, 9.17) is 0 Å². The van der Waals surface area contributed by atoms with Crippen LogP contribution in [0.3, 0.4) is 0 Å². The summed E-state index contributed by atoms with van der Waals surface area (Å²) in [5.74, 6) is -0.377. The first kappa shape index (κ1) is 8.88. The van der Waals surface area contributed by atoms with Crippen LogP contribution in [0.4, 0.5) is 0 Å². The number of carbonyl (C=O) groups excluding carboxylic acids is 2. The van der Waals surface area contributed by atoms with Crippen molar-refractivity contribution < 1.29 is 11.0 Å². The van der Waals surface area contributed by atoms with Gasteiger partial charge >= 0.3 is 0 Å². The zero-order valence-corrected chi connectivity index (χ0v) is 6.18. The summed E-state index contributed by atoms with van der Waals surface area (Å²) in [6, 6.07) is -0.449. The smallest absolute Gasteiger partial charge is 0.217 e. The van der Waals surface area contributed by atoms with E-state index in [1.54, 1.807) is 6.92 Å². The van der Waals surface area contributed by atoms with Crippen molar-refractivity contribution in [2.45, 2.75) is 19.9 Å². The Labute approximate surface area is 61.6 Å². The Morgan fingerprint density at radius 2 is 2.20 bits per heavy atom. The molecule has 1 atom stereocenters. The number of hydrogen-bond acceptors (Lipinski definition) is 2. The maximum atomic E-state index is 10.7. The van der Waals surface area contributed by atoms with Gasteiger partial charge in [0, 0.05) is 8.35 Å². The first-order valence-electron chi connectivity index (χ1n) is 3.01. The van der Waals surface area contributed by atoms with E-state index in [0.29, 0.717) is 0 Å². The van der Waals surface area contributed by atoms with E-state index in [0.717, 1.165) is 0 Å². The van der Waals surface area contributed by atoms with Crippen molar-refractivity contribution in [1.29, 1.82) is 0 Å². The Hall–Kier alpha value is -1.12. The molecule has 0 heterocycles. The van der Waals surface area contributed by atoms with Gasteiger partial charge in [-0.05, 0) is 13.0 Å². The number of amides is 1. The monoisotopic (exact) mass is 143 g/mol. The largest absolute Gasteiger partial charge is 0.346 e. The summed E-state index contributed by atoms with van der Waals surface area (Å²) >= 11 is 0. The molecule has 0 rings (SSSR count). The Kier molecular flexibility index (Phi) is 3.39. The number of carbonyl (C=O) groups is 2. The predicted octanol–water partition coefficient (Wildman–Crippen LogP) is 0.512. The lowest BCUT2D eigenvalue weighted by Crippen LogP contribution is -2.35. The zero-order chi connectivity index (χ0) is 8.15. The molecule has 0 radical (unpaired) electrons. The average molecular weight is 143 g/mol. The van der Waals surface area contributed by atoms with Crippen molar-refractivity contribution in [1.82, 2.24) is 5.32 Å². The normalized spacial score (nSPS) is 11.8. The lowest BCUT2D eigenvalue weighted by molar-refractivity contribution is -0.124. The summed E-state index contributed by atoms with van der Waals surface area (Å²) in [5.41, 5.74) is 0. The third kappa shape index (κ3) is 3.02. The molecule has 0 aromatic carbocycles. The van der Waals surface area contributed by atoms with Gasteiger partial charge in [-0.2, -0.15) is 0 Å². The van der Waals surface area contributed by atoms with Crippen molar-refractivity contribution >= 4 is 11.7 Å². The molecule has 0 bridgehead atoms. The molecule has 0 aliphatic carbocycles. The van der Waals surface area contributed by atoms with Crippen LogP contribution in [0.2, 0.25) is 0 Å². The molecule has 3 nitrogen and oxygen atoms in total. The minimum atomic E-state index is -0.449. The highest BCUT2D eigenvalue weighted by Gasteiger charge is 2.08. The van der Waals surface area contributed by atoms with Gasteiger partial charge in [0.25, 0.3) is 0 Å². The third-order valence-corrected chi connectivity index (χ3v) is 1.05. The van der Waals surface area contributed by atoms with E-state index >= 15 is 0 Å². The predicted molar refractivity (Wildman–Crippen MR) is 40.6 cm³/mol. The first-order valence-corrected chi connectivity index (χ1v) is 3.01. The fourth-order valence-corrected chi connectivity index (χ4v) is 0.553. The van der Waals surface area contributed by atoms with E-state index in [9.17, 15) is 9.59 Å². The molecule has 58 valence electrons. The topological polar surface area (TPSA) is 46.2 Å². The van der Waals surface area contributed by atoms with Crippen LogP contribution in [0.5, 0.6) is 0 Å². The molecule has 0 unspecified atom stereocenters. The van der Waals surface area contributed by atoms with E-state index < -0.39 is 6.04 Å². The summed E-state index contributed by atoms with van der Waals surface area (Å²) in [5, 5.41) is 2.43. The molecule has 1 N–H and O–H groups in total. The average Bonchev–Trinajstić information content (AvgIpc) is 1.85. The Balaban J connectivity index is 0. The molecule has 0 aliphatic heterocycles. The van der Waals surface area contributed by atoms with E-state index in [-0.39, 0.29) is 13.1 Å². The summed E-state index contributed by atoms with van der Waals surface area (Å²) in [6.45, 7) is 6.27. The molecule has 0 spiro atoms. The van der Waals surface area contributed by atoms with Gasteiger partial charge in [0.1, 0.15) is 0 Å². The van der Waals surface area contributed by atoms with E-state index in [1.807, 2.05) is 0 Å². The van der Waals surface area contributed by atoms with Crippen molar-refractivity contribution in [2.75, 3.05) is 0 Å². The van der Waals surface area contributed by atoms with Crippen LogP contribution >= 0.6 is 0 Å². The van der Waals surface area contributed by atoms with Gasteiger partial charge in [-0.25, -0.2) is 0 Å². The lowest BCUT2D eigenvalue weighted by atomic mass is 10.2. The van der Waals surface area contributed by atoms with Gasteiger partial charge in [-0.1, -0.05) is 6.58 Å². The second-order valence-electron chi connectivity index (χ2n) is 2.03. The van der Waals surface area contributed by atoms with Crippen LogP contribution in [-0.4, -0.2) is 17.7 Å². The van der Waals surface area contributed by atoms with Crippen molar-refractivity contribution in [2.24, 2.45) is 0 Å². The van der Waals surface area contributed by atoms with Crippen LogP contribution in [0.25, 0.3) is 0 Å². The van der Waals surface area contributed by atoms with Gasteiger partial charge in [-0.15, -0.1) is 0 Å². The highest BCUT2D eigenvalue weighted by Crippen LogP contribution is 1.84. The fourth-order valence-electron chi connectivity index (χ4n) is 0.553. The highest BCUT2D eigenvalue weighted by atomic mass is 16.2. The SMILES string of the molecule is C=CC(=O)[C@H](C)NC(C)=O.[HH]. The summed E-state index contributed by atoms with van der Waals surface area (Å²) < 4.78 is 0. The number of nitrogens with one attached hydrogen (secondary N) is 1. The molecule has 0 aromatic rings. The maximum absolute atomic E-state index is 10.7. The van der Waals surface area contributed by atoms with E-state index in [1.165, 1.54) is 13.0 Å². The van der Waals surface area contributed by atoms with Gasteiger partial charge in [0.2, 0.25) is 5.91 Å². The summed E-state index contributed by atoms with van der Waals surface area (Å²) in [6.07, 6.45) is 1.20. The fraction of sp³-hybridized carbons (Fsp3) is 0.429. The standard InChI is InChI=1S/C7H11NO2.H2/c1-4-7(10)5(2)8-6(3)9;/h4-5H,1H2,2-3H3,(H,8,9);1H/t5-;/m0./s1. The van der Waals surface area contributed by atoms with Crippen LogP contribution < -0.4 is 5.32 Å². The molecule has 0 saturated heterocycles. The summed E-state index contributed by atoms with van der Waals surface area (Å²) in [4.78, 5) is 21.1. The molecule has 0 aliphatic rings. The van der Waals surface area contributed by atoms with E-state index in [2.05, 4.69) is 11.9 Å². The zero-order valence-electron chi connectivity index (χ0n) is 6.18. The minimum Gasteiger partial charge on any atom is -0.346 e. The van der Waals surface area contributed by atoms with Crippen LogP contribution in [-0.2, 0) is 9.59 Å². The molecule has 10 heavy (non-hydrogen) atoms. The molecule has 3 heteroatoms. The minimum absolute atomic E-state index is 0. The number of ketones is 1. The highest BCUT2D eigenvalue weighted by molar-refractivity contribution is 5.95. The second kappa shape index (κ2) is 3.82. The van der Waals surface area contributed by atoms with Gasteiger partial charge in [0.05, 0.1) is 6.04 Å². The molecule has 0 aromatic heterocycles. The van der Waals surface area contributed by atoms with Crippen molar-refractivity contribution in [3.63, 3.8) is 0 Å². The summed E-state index contributed by atoms with van der Waals surface area (Å²) in [7, 11) is 0. The number of rotatable bonds is 3. The maximum Gasteiger partial charge on any atom is 0.217 e. The molecular weight excluding hydrogens is 130 g/mol. The Morgan fingerprint density at radius 3 is 2.50 bits per heavy atom. The van der Waals surface area contributed by atoms with Crippen LogP contribution in [0, 0.1) is 0 Å². The van der Waals surface area contributed by atoms with Crippen LogP contribution in [0.1, 0.15) is 15.3 Å². The molecule has 0 saturated carbocycles. The number of hydrogen-bond donors (Lipinski definition) is 1. The van der Waals surface area contributed by atoms with Crippen molar-refractivity contribution in [3.05, 3.63) is 12.7 Å². The van der Waals surface area contributed by atoms with Crippen LogP contribution in [0.15, 0.2) is 12.7 Å². The van der Waals surface area contributed by atoms with Crippen molar-refractivity contribution in [3.8, 4) is 0 Å². The molecule has 0 fully saturated rings. The third-order valence-electron chi connectivity index (χ3n) is 1.05. The van der Waals surface area contributed by atoms with Gasteiger partial charge in [-0.3, -0.25) is 9.59 Å². The second-order valence-corrected chi connectivity index (χ2v) is 2.03. The van der Waals surface area contributed by atoms with Gasteiger partial charge in [0.15, 0.2) is 5.78 Å². The Morgan fingerprint density at radius 1 is 1.70 bits per heavy atom. The molecular formula is C7H13NO2. The van der Waals surface area contributed by atoms with Gasteiger partial charge < -0.3 is 5.32 Å². The lowest BCUT2D eigenvalue weighted by Gasteiger charge is -2.06. The first-order chi connectivity index (χ1) is 4.57. The Bertz CT molecular complexity index is 168.